The lowest BCUT2D eigenvalue weighted by Crippen LogP contribution is -2.41. The van der Waals surface area contributed by atoms with Crippen LogP contribution in [0.15, 0.2) is 66.9 Å². The number of carbonyl (C=O) groups excluding carboxylic acids is 1. The highest BCUT2D eigenvalue weighted by Crippen LogP contribution is 2.27. The second-order valence-electron chi connectivity index (χ2n) is 8.45. The van der Waals surface area contributed by atoms with Crippen LogP contribution < -0.4 is 9.62 Å². The average molecular weight is 489 g/mol. The van der Waals surface area contributed by atoms with Gasteiger partial charge in [-0.25, -0.2) is 18.4 Å². The molecular weight excluding hydrogens is 464 g/mol. The molecule has 0 bridgehead atoms. The molecule has 1 N–H and O–H groups in total. The quantitative estimate of drug-likeness (QED) is 0.460. The van der Waals surface area contributed by atoms with E-state index in [1.54, 1.807) is 31.3 Å². The van der Waals surface area contributed by atoms with E-state index in [9.17, 15) is 13.2 Å². The summed E-state index contributed by atoms with van der Waals surface area (Å²) >= 11 is 0. The molecule has 4 aromatic rings. The number of sulfonamides is 1. The Kier molecular flexibility index (Phi) is 5.96. The van der Waals surface area contributed by atoms with Crippen molar-refractivity contribution in [1.82, 2.24) is 9.97 Å². The molecule has 0 unspecified atom stereocenters. The van der Waals surface area contributed by atoms with Crippen LogP contribution in [0.2, 0.25) is 0 Å². The first kappa shape index (κ1) is 22.9. The number of nitrogens with zero attached hydrogens (tertiary/aromatic N) is 3. The van der Waals surface area contributed by atoms with Gasteiger partial charge in [0.2, 0.25) is 0 Å². The zero-order chi connectivity index (χ0) is 24.6. The predicted molar refractivity (Wildman–Crippen MR) is 136 cm³/mol. The Hall–Kier alpha value is -3.82. The summed E-state index contributed by atoms with van der Waals surface area (Å²) < 4.78 is 31.0. The van der Waals surface area contributed by atoms with Gasteiger partial charge < -0.3 is 10.1 Å². The van der Waals surface area contributed by atoms with Crippen LogP contribution >= 0.6 is 0 Å². The lowest BCUT2D eigenvalue weighted by Gasteiger charge is -2.28. The van der Waals surface area contributed by atoms with E-state index in [0.717, 1.165) is 22.0 Å². The van der Waals surface area contributed by atoms with Gasteiger partial charge in [-0.3, -0.25) is 9.10 Å². The number of benzene rings is 3. The number of ether oxygens (including phenoxy) is 1. The Bertz CT molecular complexity index is 1550. The Morgan fingerprint density at radius 1 is 1.03 bits per heavy atom. The van der Waals surface area contributed by atoms with Gasteiger partial charge in [0.1, 0.15) is 0 Å². The van der Waals surface area contributed by atoms with E-state index in [-0.39, 0.29) is 18.4 Å². The van der Waals surface area contributed by atoms with Gasteiger partial charge in [-0.05, 0) is 61.4 Å². The van der Waals surface area contributed by atoms with Gasteiger partial charge in [0, 0.05) is 28.4 Å². The Morgan fingerprint density at radius 3 is 2.66 bits per heavy atom. The number of hydrogen-bond donors (Lipinski definition) is 1. The maximum Gasteiger partial charge on any atom is 0.259 e. The summed E-state index contributed by atoms with van der Waals surface area (Å²) in [5, 5.41) is 3.90. The summed E-state index contributed by atoms with van der Waals surface area (Å²) in [6.07, 6.45) is 1.79. The van der Waals surface area contributed by atoms with Crippen LogP contribution in [0.3, 0.4) is 0 Å². The van der Waals surface area contributed by atoms with E-state index < -0.39 is 10.0 Å². The van der Waals surface area contributed by atoms with Crippen molar-refractivity contribution in [3.63, 3.8) is 0 Å². The average Bonchev–Trinajstić information content (AvgIpc) is 2.84. The van der Waals surface area contributed by atoms with Crippen molar-refractivity contribution in [2.24, 2.45) is 0 Å². The monoisotopic (exact) mass is 488 g/mol. The molecule has 1 saturated heterocycles. The summed E-state index contributed by atoms with van der Waals surface area (Å²) in [5.74, 6) is -0.0389. The molecule has 1 aliphatic rings. The molecule has 178 valence electrons. The molecular formula is C26H24N4O4S. The molecule has 0 spiro atoms. The molecule has 0 atom stereocenters. The van der Waals surface area contributed by atoms with E-state index in [1.807, 2.05) is 49.4 Å². The Balaban J connectivity index is 1.40. The molecule has 8 nitrogen and oxygen atoms in total. The first-order chi connectivity index (χ1) is 16.8. The minimum Gasteiger partial charge on any atom is -0.362 e. The van der Waals surface area contributed by atoms with Gasteiger partial charge in [0.05, 0.1) is 24.4 Å². The van der Waals surface area contributed by atoms with Gasteiger partial charge in [-0.2, -0.15) is 0 Å². The summed E-state index contributed by atoms with van der Waals surface area (Å²) in [4.78, 5) is 22.3. The zero-order valence-electron chi connectivity index (χ0n) is 19.4. The van der Waals surface area contributed by atoms with E-state index in [0.29, 0.717) is 34.9 Å². The van der Waals surface area contributed by atoms with Crippen LogP contribution in [0.25, 0.3) is 22.3 Å². The smallest absolute Gasteiger partial charge is 0.259 e. The molecule has 1 amide bonds. The molecule has 9 heteroatoms. The van der Waals surface area contributed by atoms with Crippen molar-refractivity contribution in [1.29, 1.82) is 0 Å². The summed E-state index contributed by atoms with van der Waals surface area (Å²) in [6.45, 7) is 4.34. The Labute approximate surface area is 203 Å². The second kappa shape index (κ2) is 9.09. The Morgan fingerprint density at radius 2 is 1.86 bits per heavy atom. The standard InChI is InChI=1S/C26H24N4O4S/c1-17-7-8-20(14-23(17)25-27-15-19-5-3-4-6-24(19)29-25)28-26(31)22-10-9-21(13-18(22)2)30-11-12-34-16-35(30,32)33/h3-10,13-15H,11-12,16H2,1-2H3,(H,28,31). The second-order valence-corrected chi connectivity index (χ2v) is 10.3. The number of rotatable bonds is 4. The van der Waals surface area contributed by atoms with Crippen molar-refractivity contribution in [2.45, 2.75) is 13.8 Å². The van der Waals surface area contributed by atoms with E-state index in [2.05, 4.69) is 15.3 Å². The molecule has 35 heavy (non-hydrogen) atoms. The lowest BCUT2D eigenvalue weighted by atomic mass is 10.1. The summed E-state index contributed by atoms with van der Waals surface area (Å²) in [6, 6.07) is 18.4. The summed E-state index contributed by atoms with van der Waals surface area (Å²) in [5.41, 5.74) is 4.95. The first-order valence-corrected chi connectivity index (χ1v) is 12.8. The van der Waals surface area contributed by atoms with Crippen molar-refractivity contribution >= 4 is 38.2 Å². The van der Waals surface area contributed by atoms with Crippen molar-refractivity contribution < 1.29 is 17.9 Å². The van der Waals surface area contributed by atoms with Crippen molar-refractivity contribution in [3.05, 3.63) is 83.6 Å². The highest BCUT2D eigenvalue weighted by Gasteiger charge is 2.27. The van der Waals surface area contributed by atoms with Crippen molar-refractivity contribution in [3.8, 4) is 11.4 Å². The number of para-hydroxylation sites is 1. The normalized spacial score (nSPS) is 15.2. The van der Waals surface area contributed by atoms with Crippen LogP contribution in [-0.4, -0.2) is 43.4 Å². The molecule has 3 aromatic carbocycles. The fourth-order valence-electron chi connectivity index (χ4n) is 4.10. The molecule has 0 radical (unpaired) electrons. The SMILES string of the molecule is Cc1cc(N2CCOCS2(=O)=O)ccc1C(=O)Nc1ccc(C)c(-c2ncc3ccccc3n2)c1. The van der Waals surface area contributed by atoms with Crippen LogP contribution in [0.1, 0.15) is 21.5 Å². The fourth-order valence-corrected chi connectivity index (χ4v) is 5.35. The third-order valence-electron chi connectivity index (χ3n) is 5.97. The van der Waals surface area contributed by atoms with Gasteiger partial charge in [0.25, 0.3) is 15.9 Å². The maximum absolute atomic E-state index is 13.1. The minimum absolute atomic E-state index is 0.246. The van der Waals surface area contributed by atoms with E-state index in [1.165, 1.54) is 4.31 Å². The molecule has 0 aliphatic carbocycles. The van der Waals surface area contributed by atoms with E-state index >= 15 is 0 Å². The van der Waals surface area contributed by atoms with Gasteiger partial charge in [0.15, 0.2) is 11.8 Å². The minimum atomic E-state index is -3.53. The maximum atomic E-state index is 13.1. The zero-order valence-corrected chi connectivity index (χ0v) is 20.2. The third kappa shape index (κ3) is 4.60. The van der Waals surface area contributed by atoms with Gasteiger partial charge in [-0.1, -0.05) is 24.3 Å². The van der Waals surface area contributed by atoms with Crippen LogP contribution in [-0.2, 0) is 14.8 Å². The highest BCUT2D eigenvalue weighted by atomic mass is 32.2. The summed E-state index contributed by atoms with van der Waals surface area (Å²) in [7, 11) is -3.53. The lowest BCUT2D eigenvalue weighted by molar-refractivity contribution is 0.102. The topological polar surface area (TPSA) is 101 Å². The molecule has 1 aromatic heterocycles. The number of amides is 1. The number of carbonyl (C=O) groups is 1. The number of hydrogen-bond acceptors (Lipinski definition) is 6. The molecule has 5 rings (SSSR count). The van der Waals surface area contributed by atoms with Crippen LogP contribution in [0.5, 0.6) is 0 Å². The van der Waals surface area contributed by atoms with Crippen molar-refractivity contribution in [2.75, 3.05) is 28.7 Å². The molecule has 1 fully saturated rings. The number of fused-ring (bicyclic) bond motifs is 1. The fraction of sp³-hybridized carbons (Fsp3) is 0.192. The van der Waals surface area contributed by atoms with Gasteiger partial charge >= 0.3 is 0 Å². The number of aromatic nitrogens is 2. The number of anilines is 2. The van der Waals surface area contributed by atoms with E-state index in [4.69, 9.17) is 4.74 Å². The van der Waals surface area contributed by atoms with Crippen LogP contribution in [0, 0.1) is 13.8 Å². The third-order valence-corrected chi connectivity index (χ3v) is 7.50. The number of aryl methyl sites for hydroxylation is 2. The first-order valence-electron chi connectivity index (χ1n) is 11.1. The largest absolute Gasteiger partial charge is 0.362 e. The van der Waals surface area contributed by atoms with Crippen LogP contribution in [0.4, 0.5) is 11.4 Å². The van der Waals surface area contributed by atoms with Gasteiger partial charge in [-0.15, -0.1) is 0 Å². The highest BCUT2D eigenvalue weighted by molar-refractivity contribution is 7.92. The number of nitrogens with one attached hydrogen (secondary N) is 1. The molecule has 0 saturated carbocycles. The predicted octanol–water partition coefficient (Wildman–Crippen LogP) is 4.29. The molecule has 2 heterocycles. The molecule has 1 aliphatic heterocycles.